The van der Waals surface area contributed by atoms with Gasteiger partial charge in [-0.1, -0.05) is 44.2 Å². The average Bonchev–Trinajstić information content (AvgIpc) is 2.96. The number of carbonyl (C=O) groups excluding carboxylic acids is 2. The Hall–Kier alpha value is -2.73. The van der Waals surface area contributed by atoms with Crippen molar-refractivity contribution < 1.29 is 14.3 Å². The Morgan fingerprint density at radius 3 is 2.52 bits per heavy atom. The van der Waals surface area contributed by atoms with E-state index in [0.29, 0.717) is 23.2 Å². The zero-order chi connectivity index (χ0) is 18.0. The van der Waals surface area contributed by atoms with Gasteiger partial charge in [0.15, 0.2) is 0 Å². The van der Waals surface area contributed by atoms with E-state index in [4.69, 9.17) is 4.74 Å². The number of anilines is 1. The fraction of sp³-hybridized carbons (Fsp3) is 0.211. The van der Waals surface area contributed by atoms with Crippen molar-refractivity contribution in [3.63, 3.8) is 0 Å². The summed E-state index contributed by atoms with van der Waals surface area (Å²) >= 11 is 1.27. The first-order chi connectivity index (χ1) is 11.9. The fourth-order valence-electron chi connectivity index (χ4n) is 2.40. The predicted octanol–water partition coefficient (Wildman–Crippen LogP) is 4.38. The van der Waals surface area contributed by atoms with E-state index in [1.54, 1.807) is 12.1 Å². The molecule has 0 unspecified atom stereocenters. The minimum absolute atomic E-state index is 0.0476. The summed E-state index contributed by atoms with van der Waals surface area (Å²) < 4.78 is 5.64. The molecule has 1 amide bonds. The van der Waals surface area contributed by atoms with Crippen LogP contribution in [0.25, 0.3) is 10.2 Å². The molecular formula is C19H18N2O3S. The smallest absolute Gasteiger partial charge is 0.300 e. The molecule has 0 radical (unpaired) electrons. The molecule has 0 aliphatic rings. The molecule has 25 heavy (non-hydrogen) atoms. The van der Waals surface area contributed by atoms with E-state index in [1.165, 1.54) is 16.9 Å². The van der Waals surface area contributed by atoms with Crippen molar-refractivity contribution in [2.75, 3.05) is 5.32 Å². The van der Waals surface area contributed by atoms with Crippen LogP contribution in [0.4, 0.5) is 5.69 Å². The van der Waals surface area contributed by atoms with E-state index in [2.05, 4.69) is 31.1 Å². The summed E-state index contributed by atoms with van der Waals surface area (Å²) in [5.41, 5.74) is 3.13. The first-order valence-electron chi connectivity index (χ1n) is 7.79. The maximum Gasteiger partial charge on any atom is 0.300 e. The molecule has 0 bridgehead atoms. The molecule has 0 saturated carbocycles. The Morgan fingerprint density at radius 2 is 1.88 bits per heavy atom. The standard InChI is InChI=1S/C19H18N2O3S/c1-19(2,3)13-6-4-12(5-7-13)17(23)20-14-8-9-16-15(10-14)21-18(25-16)24-11-22/h4-11H,1-3H3,(H,20,23). The van der Waals surface area contributed by atoms with Crippen LogP contribution in [0, 0.1) is 0 Å². The minimum Gasteiger partial charge on any atom is -0.400 e. The highest BCUT2D eigenvalue weighted by atomic mass is 32.1. The Morgan fingerprint density at radius 1 is 1.16 bits per heavy atom. The maximum absolute atomic E-state index is 12.4. The second-order valence-corrected chi connectivity index (χ2v) is 7.65. The van der Waals surface area contributed by atoms with Crippen LogP contribution in [0.3, 0.4) is 0 Å². The third kappa shape index (κ3) is 3.85. The number of nitrogens with zero attached hydrogens (tertiary/aromatic N) is 1. The fourth-order valence-corrected chi connectivity index (χ4v) is 3.17. The molecule has 1 N–H and O–H groups in total. The quantitative estimate of drug-likeness (QED) is 0.706. The summed E-state index contributed by atoms with van der Waals surface area (Å²) in [4.78, 5) is 27.0. The van der Waals surface area contributed by atoms with Crippen LogP contribution < -0.4 is 10.1 Å². The molecule has 2 aromatic carbocycles. The van der Waals surface area contributed by atoms with E-state index in [9.17, 15) is 9.59 Å². The second-order valence-electron chi connectivity index (χ2n) is 6.66. The molecule has 128 valence electrons. The lowest BCUT2D eigenvalue weighted by atomic mass is 9.87. The van der Waals surface area contributed by atoms with Gasteiger partial charge in [-0.05, 0) is 41.3 Å². The molecule has 3 aromatic rings. The van der Waals surface area contributed by atoms with Crippen molar-refractivity contribution in [3.8, 4) is 5.19 Å². The summed E-state index contributed by atoms with van der Waals surface area (Å²) in [6.45, 7) is 6.75. The van der Waals surface area contributed by atoms with Gasteiger partial charge in [0.05, 0.1) is 10.2 Å². The predicted molar refractivity (Wildman–Crippen MR) is 99.4 cm³/mol. The lowest BCUT2D eigenvalue weighted by molar-refractivity contribution is -0.120. The SMILES string of the molecule is CC(C)(C)c1ccc(C(=O)Nc2ccc3sc(OC=O)nc3c2)cc1. The molecule has 0 atom stereocenters. The number of hydrogen-bond donors (Lipinski definition) is 1. The number of benzene rings is 2. The summed E-state index contributed by atoms with van der Waals surface area (Å²) in [7, 11) is 0. The van der Waals surface area contributed by atoms with Crippen LogP contribution in [0.5, 0.6) is 5.19 Å². The number of thiazole rings is 1. The summed E-state index contributed by atoms with van der Waals surface area (Å²) in [6, 6.07) is 13.0. The monoisotopic (exact) mass is 354 g/mol. The van der Waals surface area contributed by atoms with Gasteiger partial charge in [-0.3, -0.25) is 9.59 Å². The third-order valence-electron chi connectivity index (χ3n) is 3.79. The van der Waals surface area contributed by atoms with Crippen molar-refractivity contribution in [3.05, 3.63) is 53.6 Å². The van der Waals surface area contributed by atoms with Gasteiger partial charge < -0.3 is 10.1 Å². The van der Waals surface area contributed by atoms with Gasteiger partial charge in [0.25, 0.3) is 17.6 Å². The van der Waals surface area contributed by atoms with Crippen molar-refractivity contribution in [1.82, 2.24) is 4.98 Å². The summed E-state index contributed by atoms with van der Waals surface area (Å²) in [6.07, 6.45) is 0. The second kappa shape index (κ2) is 6.64. The first kappa shape index (κ1) is 17.1. The third-order valence-corrected chi connectivity index (χ3v) is 4.72. The number of carbonyl (C=O) groups is 2. The van der Waals surface area contributed by atoms with Crippen LogP contribution in [0.15, 0.2) is 42.5 Å². The zero-order valence-electron chi connectivity index (χ0n) is 14.2. The van der Waals surface area contributed by atoms with Gasteiger partial charge in [0, 0.05) is 11.3 Å². The van der Waals surface area contributed by atoms with Crippen molar-refractivity contribution in [2.24, 2.45) is 0 Å². The molecular weight excluding hydrogens is 336 g/mol. The number of fused-ring (bicyclic) bond motifs is 1. The number of ether oxygens (including phenoxy) is 1. The molecule has 1 heterocycles. The van der Waals surface area contributed by atoms with Gasteiger partial charge in [-0.2, -0.15) is 0 Å². The Balaban J connectivity index is 1.78. The van der Waals surface area contributed by atoms with Crippen molar-refractivity contribution in [1.29, 1.82) is 0 Å². The molecule has 3 rings (SSSR count). The van der Waals surface area contributed by atoms with E-state index in [0.717, 1.165) is 4.70 Å². The number of nitrogens with one attached hydrogen (secondary N) is 1. The van der Waals surface area contributed by atoms with Crippen LogP contribution in [0.1, 0.15) is 36.7 Å². The largest absolute Gasteiger partial charge is 0.400 e. The average molecular weight is 354 g/mol. The number of aromatic nitrogens is 1. The first-order valence-corrected chi connectivity index (χ1v) is 8.61. The number of amides is 1. The molecule has 1 aromatic heterocycles. The van der Waals surface area contributed by atoms with Gasteiger partial charge >= 0.3 is 0 Å². The van der Waals surface area contributed by atoms with E-state index in [1.807, 2.05) is 30.3 Å². The van der Waals surface area contributed by atoms with Gasteiger partial charge in [-0.15, -0.1) is 0 Å². The van der Waals surface area contributed by atoms with Crippen LogP contribution in [0.2, 0.25) is 0 Å². The zero-order valence-corrected chi connectivity index (χ0v) is 15.0. The minimum atomic E-state index is -0.181. The van der Waals surface area contributed by atoms with E-state index < -0.39 is 0 Å². The van der Waals surface area contributed by atoms with Gasteiger partial charge in [0.2, 0.25) is 0 Å². The van der Waals surface area contributed by atoms with Crippen LogP contribution in [-0.4, -0.2) is 17.4 Å². The highest BCUT2D eigenvalue weighted by Crippen LogP contribution is 2.29. The highest BCUT2D eigenvalue weighted by molar-refractivity contribution is 7.20. The molecule has 0 aliphatic carbocycles. The van der Waals surface area contributed by atoms with Crippen LogP contribution in [-0.2, 0) is 10.2 Å². The number of hydrogen-bond acceptors (Lipinski definition) is 5. The molecule has 0 saturated heterocycles. The molecule has 0 aliphatic heterocycles. The topological polar surface area (TPSA) is 68.3 Å². The van der Waals surface area contributed by atoms with E-state index >= 15 is 0 Å². The van der Waals surface area contributed by atoms with Gasteiger partial charge in [0.1, 0.15) is 0 Å². The lowest BCUT2D eigenvalue weighted by Gasteiger charge is -2.19. The number of rotatable bonds is 4. The molecule has 0 spiro atoms. The van der Waals surface area contributed by atoms with Gasteiger partial charge in [-0.25, -0.2) is 4.98 Å². The molecule has 6 heteroatoms. The molecule has 0 fully saturated rings. The Bertz CT molecular complexity index is 924. The Labute approximate surface area is 149 Å². The highest BCUT2D eigenvalue weighted by Gasteiger charge is 2.14. The van der Waals surface area contributed by atoms with Crippen molar-refractivity contribution in [2.45, 2.75) is 26.2 Å². The lowest BCUT2D eigenvalue weighted by Crippen LogP contribution is -2.14. The maximum atomic E-state index is 12.4. The Kier molecular flexibility index (Phi) is 4.55. The molecule has 5 nitrogen and oxygen atoms in total. The van der Waals surface area contributed by atoms with Crippen LogP contribution >= 0.6 is 11.3 Å². The summed E-state index contributed by atoms with van der Waals surface area (Å²) in [5, 5.41) is 3.15. The normalized spacial score (nSPS) is 11.3. The summed E-state index contributed by atoms with van der Waals surface area (Å²) in [5.74, 6) is -0.181. The van der Waals surface area contributed by atoms with E-state index in [-0.39, 0.29) is 16.5 Å². The van der Waals surface area contributed by atoms with Crippen molar-refractivity contribution >= 4 is 39.6 Å².